The van der Waals surface area contributed by atoms with Crippen LogP contribution in [0.1, 0.15) is 37.3 Å². The lowest BCUT2D eigenvalue weighted by Gasteiger charge is -2.20. The number of nitrogens with one attached hydrogen (secondary N) is 2. The number of esters is 1. The Labute approximate surface area is 191 Å². The van der Waals surface area contributed by atoms with E-state index in [1.54, 1.807) is 6.92 Å². The molecule has 174 valence electrons. The molecule has 9 heteroatoms. The zero-order chi connectivity index (χ0) is 24.0. The second kappa shape index (κ2) is 10.6. The molecule has 1 aliphatic carbocycles. The lowest BCUT2D eigenvalue weighted by atomic mass is 9.98. The highest BCUT2D eigenvalue weighted by atomic mass is 16.6. The van der Waals surface area contributed by atoms with Gasteiger partial charge >= 0.3 is 18.0 Å². The molecule has 0 radical (unpaired) electrons. The highest BCUT2D eigenvalue weighted by Crippen LogP contribution is 2.44. The van der Waals surface area contributed by atoms with Gasteiger partial charge in [0, 0.05) is 12.0 Å². The lowest BCUT2D eigenvalue weighted by molar-refractivity contribution is -0.149. The van der Waals surface area contributed by atoms with Crippen LogP contribution in [0.15, 0.2) is 48.5 Å². The summed E-state index contributed by atoms with van der Waals surface area (Å²) in [4.78, 5) is 48.1. The van der Waals surface area contributed by atoms with Crippen molar-refractivity contribution in [3.8, 4) is 11.1 Å². The first-order valence-electron chi connectivity index (χ1n) is 10.6. The van der Waals surface area contributed by atoms with Crippen LogP contribution in [0.2, 0.25) is 0 Å². The van der Waals surface area contributed by atoms with Crippen molar-refractivity contribution in [2.75, 3.05) is 13.2 Å². The van der Waals surface area contributed by atoms with Gasteiger partial charge in [-0.3, -0.25) is 14.9 Å². The maximum atomic E-state index is 12.5. The van der Waals surface area contributed by atoms with Crippen LogP contribution in [0.4, 0.5) is 4.79 Å². The van der Waals surface area contributed by atoms with Gasteiger partial charge in [-0.15, -0.1) is 0 Å². The first-order chi connectivity index (χ1) is 15.8. The number of aliphatic carboxylic acids is 1. The molecule has 0 bridgehead atoms. The summed E-state index contributed by atoms with van der Waals surface area (Å²) in [6.07, 6.45) is -1.30. The first-order valence-corrected chi connectivity index (χ1v) is 10.6. The predicted octanol–water partition coefficient (Wildman–Crippen LogP) is 2.44. The summed E-state index contributed by atoms with van der Waals surface area (Å²) in [6.45, 7) is 3.04. The predicted molar refractivity (Wildman–Crippen MR) is 118 cm³/mol. The van der Waals surface area contributed by atoms with E-state index in [0.717, 1.165) is 22.3 Å². The summed E-state index contributed by atoms with van der Waals surface area (Å²) in [5, 5.41) is 13.5. The molecule has 9 nitrogen and oxygen atoms in total. The molecule has 0 aromatic heterocycles. The Kier molecular flexibility index (Phi) is 7.66. The molecule has 2 aromatic rings. The van der Waals surface area contributed by atoms with Crippen molar-refractivity contribution in [1.29, 1.82) is 0 Å². The van der Waals surface area contributed by atoms with E-state index in [1.807, 2.05) is 48.5 Å². The highest BCUT2D eigenvalue weighted by Gasteiger charge is 2.33. The number of amides is 2. The molecule has 2 amide bonds. The van der Waals surface area contributed by atoms with E-state index < -0.39 is 36.0 Å². The number of carboxylic acids is 1. The zero-order valence-corrected chi connectivity index (χ0v) is 18.4. The molecule has 2 atom stereocenters. The summed E-state index contributed by atoms with van der Waals surface area (Å²) in [7, 11) is 0. The number of rotatable bonds is 9. The molecule has 3 rings (SSSR count). The minimum atomic E-state index is -1.67. The number of fused-ring (bicyclic) bond motifs is 3. The molecule has 0 fully saturated rings. The Bertz CT molecular complexity index is 1010. The molecule has 0 saturated carbocycles. The number of alkyl carbamates (subject to hydrolysis) is 1. The minimum absolute atomic E-state index is 0.000335. The topological polar surface area (TPSA) is 131 Å². The monoisotopic (exact) mass is 454 g/mol. The molecule has 1 aliphatic rings. The maximum Gasteiger partial charge on any atom is 0.408 e. The molecule has 33 heavy (non-hydrogen) atoms. The molecule has 0 saturated heterocycles. The van der Waals surface area contributed by atoms with Gasteiger partial charge in [0.1, 0.15) is 6.61 Å². The Balaban J connectivity index is 1.67. The van der Waals surface area contributed by atoms with Gasteiger partial charge in [-0.05, 0) is 36.1 Å². The van der Waals surface area contributed by atoms with Crippen LogP contribution >= 0.6 is 0 Å². The van der Waals surface area contributed by atoms with Crippen molar-refractivity contribution < 1.29 is 33.8 Å². The highest BCUT2D eigenvalue weighted by molar-refractivity contribution is 6.04. The molecular formula is C24H26N2O7. The van der Waals surface area contributed by atoms with Crippen LogP contribution in [0, 0.1) is 0 Å². The van der Waals surface area contributed by atoms with E-state index >= 15 is 0 Å². The van der Waals surface area contributed by atoms with Crippen molar-refractivity contribution >= 4 is 23.9 Å². The third-order valence-corrected chi connectivity index (χ3v) is 5.26. The minimum Gasteiger partial charge on any atom is -0.481 e. The molecule has 0 spiro atoms. The van der Waals surface area contributed by atoms with Crippen molar-refractivity contribution in [2.24, 2.45) is 0 Å². The van der Waals surface area contributed by atoms with E-state index in [-0.39, 0.29) is 25.6 Å². The van der Waals surface area contributed by atoms with E-state index in [4.69, 9.17) is 14.6 Å². The quantitative estimate of drug-likeness (QED) is 0.392. The number of benzene rings is 2. The SMILES string of the molecule is CCOC(=O)C(NC(=O)OCC1c2ccccc2-c2ccccc21)C(=O)N[C@H](C)CC(=O)O. The summed E-state index contributed by atoms with van der Waals surface area (Å²) >= 11 is 0. The largest absolute Gasteiger partial charge is 0.481 e. The lowest BCUT2D eigenvalue weighted by Crippen LogP contribution is -2.54. The fourth-order valence-corrected chi connectivity index (χ4v) is 3.85. The van der Waals surface area contributed by atoms with Gasteiger partial charge in [-0.25, -0.2) is 9.59 Å². The average Bonchev–Trinajstić information content (AvgIpc) is 3.09. The fraction of sp³-hybridized carbons (Fsp3) is 0.333. The second-order valence-electron chi connectivity index (χ2n) is 7.66. The van der Waals surface area contributed by atoms with Gasteiger partial charge in [-0.1, -0.05) is 48.5 Å². The van der Waals surface area contributed by atoms with Crippen molar-refractivity contribution in [3.05, 3.63) is 59.7 Å². The van der Waals surface area contributed by atoms with Crippen LogP contribution in [-0.2, 0) is 23.9 Å². The summed E-state index contributed by atoms with van der Waals surface area (Å²) in [5.74, 6) is -3.14. The number of carbonyl (C=O) groups excluding carboxylic acids is 3. The molecular weight excluding hydrogens is 428 g/mol. The number of carboxylic acid groups (broad SMARTS) is 1. The first kappa shape index (κ1) is 23.8. The van der Waals surface area contributed by atoms with E-state index in [2.05, 4.69) is 10.6 Å². The fourth-order valence-electron chi connectivity index (χ4n) is 3.85. The second-order valence-corrected chi connectivity index (χ2v) is 7.66. The van der Waals surface area contributed by atoms with Crippen LogP contribution in [0.25, 0.3) is 11.1 Å². The van der Waals surface area contributed by atoms with Gasteiger partial charge in [0.2, 0.25) is 6.04 Å². The number of hydrogen-bond acceptors (Lipinski definition) is 6. The summed E-state index contributed by atoms with van der Waals surface area (Å²) < 4.78 is 10.3. The van der Waals surface area contributed by atoms with E-state index in [0.29, 0.717) is 0 Å². The average molecular weight is 454 g/mol. The third-order valence-electron chi connectivity index (χ3n) is 5.26. The Morgan fingerprint density at radius 1 is 0.939 bits per heavy atom. The van der Waals surface area contributed by atoms with E-state index in [9.17, 15) is 19.2 Å². The van der Waals surface area contributed by atoms with Gasteiger partial charge in [0.05, 0.1) is 13.0 Å². The summed E-state index contributed by atoms with van der Waals surface area (Å²) in [5.41, 5.74) is 4.18. The Hall–Kier alpha value is -3.88. The van der Waals surface area contributed by atoms with Crippen molar-refractivity contribution in [3.63, 3.8) is 0 Å². The molecule has 0 aliphatic heterocycles. The molecule has 2 aromatic carbocycles. The number of ether oxygens (including phenoxy) is 2. The maximum absolute atomic E-state index is 12.5. The molecule has 3 N–H and O–H groups in total. The third kappa shape index (κ3) is 5.68. The van der Waals surface area contributed by atoms with Crippen molar-refractivity contribution in [1.82, 2.24) is 10.6 Å². The smallest absolute Gasteiger partial charge is 0.408 e. The van der Waals surface area contributed by atoms with E-state index in [1.165, 1.54) is 6.92 Å². The van der Waals surface area contributed by atoms with Gasteiger partial charge in [0.15, 0.2) is 0 Å². The van der Waals surface area contributed by atoms with Gasteiger partial charge < -0.3 is 19.9 Å². The Morgan fingerprint density at radius 2 is 1.52 bits per heavy atom. The Morgan fingerprint density at radius 3 is 2.06 bits per heavy atom. The van der Waals surface area contributed by atoms with Crippen LogP contribution in [-0.4, -0.2) is 54.3 Å². The van der Waals surface area contributed by atoms with Gasteiger partial charge in [0.25, 0.3) is 5.91 Å². The summed E-state index contributed by atoms with van der Waals surface area (Å²) in [6, 6.07) is 13.3. The zero-order valence-electron chi connectivity index (χ0n) is 18.4. The molecule has 0 heterocycles. The molecule has 1 unspecified atom stereocenters. The van der Waals surface area contributed by atoms with Crippen LogP contribution in [0.5, 0.6) is 0 Å². The number of carbonyl (C=O) groups is 4. The normalized spacial score (nSPS) is 13.8. The van der Waals surface area contributed by atoms with Gasteiger partial charge in [-0.2, -0.15) is 0 Å². The van der Waals surface area contributed by atoms with Crippen LogP contribution in [0.3, 0.4) is 0 Å². The number of hydrogen-bond donors (Lipinski definition) is 3. The standard InChI is InChI=1S/C24H26N2O7/c1-3-32-23(30)21(22(29)25-14(2)12-20(27)28)26-24(31)33-13-19-17-10-6-4-8-15(17)16-9-5-7-11-18(16)19/h4-11,14,19,21H,3,12-13H2,1-2H3,(H,25,29)(H,26,31)(H,27,28)/t14-,21?/m1/s1. The van der Waals surface area contributed by atoms with Crippen molar-refractivity contribution in [2.45, 2.75) is 38.3 Å². The van der Waals surface area contributed by atoms with Crippen LogP contribution < -0.4 is 10.6 Å².